The zero-order valence-electron chi connectivity index (χ0n) is 6.17. The smallest absolute Gasteiger partial charge is 0.280 e. The Bertz CT molecular complexity index is 172. The predicted octanol–water partition coefficient (Wildman–Crippen LogP) is 0.993. The van der Waals surface area contributed by atoms with E-state index in [0.717, 1.165) is 0 Å². The SMILES string of the molecule is CCN(I)C(=O)C(=O)N(C)I. The van der Waals surface area contributed by atoms with E-state index >= 15 is 0 Å². The van der Waals surface area contributed by atoms with Crippen LogP contribution < -0.4 is 0 Å². The molecular formula is C5H8I2N2O2. The summed E-state index contributed by atoms with van der Waals surface area (Å²) in [5.41, 5.74) is 0. The molecule has 2 amide bonds. The Labute approximate surface area is 93.3 Å². The van der Waals surface area contributed by atoms with E-state index in [0.29, 0.717) is 6.54 Å². The lowest BCUT2D eigenvalue weighted by atomic mass is 10.5. The van der Waals surface area contributed by atoms with Crippen molar-refractivity contribution in [1.82, 2.24) is 6.23 Å². The molecule has 0 saturated carbocycles. The van der Waals surface area contributed by atoms with Gasteiger partial charge in [-0.25, -0.2) is 0 Å². The predicted molar refractivity (Wildman–Crippen MR) is 58.2 cm³/mol. The van der Waals surface area contributed by atoms with Gasteiger partial charge < -0.3 is 0 Å². The molecule has 0 fully saturated rings. The third kappa shape index (κ3) is 3.54. The summed E-state index contributed by atoms with van der Waals surface area (Å²) in [4.78, 5) is 22.0. The van der Waals surface area contributed by atoms with Crippen molar-refractivity contribution in [3.63, 3.8) is 0 Å². The van der Waals surface area contributed by atoms with Crippen LogP contribution in [0.4, 0.5) is 0 Å². The second kappa shape index (κ2) is 5.12. The minimum Gasteiger partial charge on any atom is -0.280 e. The molecule has 4 nitrogen and oxygen atoms in total. The van der Waals surface area contributed by atoms with E-state index in [9.17, 15) is 9.59 Å². The quantitative estimate of drug-likeness (QED) is 0.386. The Hall–Kier alpha value is 0.400. The van der Waals surface area contributed by atoms with Crippen LogP contribution in [0.15, 0.2) is 0 Å². The molecule has 0 aliphatic heterocycles. The highest BCUT2D eigenvalue weighted by Gasteiger charge is 2.20. The maximum absolute atomic E-state index is 11.0. The highest BCUT2D eigenvalue weighted by Crippen LogP contribution is 2.03. The molecule has 0 aliphatic rings. The van der Waals surface area contributed by atoms with Crippen LogP contribution in [0.3, 0.4) is 0 Å². The van der Waals surface area contributed by atoms with Gasteiger partial charge in [0.05, 0.1) is 45.7 Å². The molecule has 0 aromatic heterocycles. The number of amides is 2. The Morgan fingerprint density at radius 1 is 1.27 bits per heavy atom. The largest absolute Gasteiger partial charge is 0.321 e. The lowest BCUT2D eigenvalue weighted by molar-refractivity contribution is -0.143. The number of carbonyl (C=O) groups excluding carboxylic acids is 2. The van der Waals surface area contributed by atoms with Gasteiger partial charge in [-0.1, -0.05) is 0 Å². The fourth-order valence-corrected chi connectivity index (χ4v) is 0.792. The summed E-state index contributed by atoms with van der Waals surface area (Å²) in [6, 6.07) is 0. The van der Waals surface area contributed by atoms with Gasteiger partial charge in [-0.15, -0.1) is 0 Å². The third-order valence-corrected chi connectivity index (χ3v) is 2.52. The van der Waals surface area contributed by atoms with Crippen LogP contribution in [0.2, 0.25) is 0 Å². The summed E-state index contributed by atoms with van der Waals surface area (Å²) in [5.74, 6) is -0.980. The van der Waals surface area contributed by atoms with E-state index in [-0.39, 0.29) is 0 Å². The molecule has 0 saturated heterocycles. The van der Waals surface area contributed by atoms with Crippen molar-refractivity contribution in [2.75, 3.05) is 13.6 Å². The summed E-state index contributed by atoms with van der Waals surface area (Å²) in [6.07, 6.45) is 0. The van der Waals surface area contributed by atoms with Gasteiger partial charge in [-0.05, 0) is 6.92 Å². The van der Waals surface area contributed by atoms with Crippen molar-refractivity contribution in [3.8, 4) is 0 Å². The zero-order chi connectivity index (χ0) is 9.02. The molecule has 0 aliphatic carbocycles. The van der Waals surface area contributed by atoms with Gasteiger partial charge in [-0.2, -0.15) is 0 Å². The number of hydrogen-bond donors (Lipinski definition) is 0. The Morgan fingerprint density at radius 2 is 1.73 bits per heavy atom. The maximum Gasteiger partial charge on any atom is 0.321 e. The Morgan fingerprint density at radius 3 is 2.00 bits per heavy atom. The summed E-state index contributed by atoms with van der Waals surface area (Å²) in [6.45, 7) is 2.35. The van der Waals surface area contributed by atoms with E-state index in [1.807, 2.05) is 29.8 Å². The number of halogens is 2. The highest BCUT2D eigenvalue weighted by molar-refractivity contribution is 14.1. The van der Waals surface area contributed by atoms with Gasteiger partial charge in [-0.3, -0.25) is 15.8 Å². The van der Waals surface area contributed by atoms with Gasteiger partial charge in [0.1, 0.15) is 0 Å². The van der Waals surface area contributed by atoms with E-state index < -0.39 is 11.8 Å². The number of likely N-dealkylation sites (N-methyl/N-ethyl adjacent to an activating group) is 2. The molecule has 0 aromatic carbocycles. The Balaban J connectivity index is 4.14. The number of carbonyl (C=O) groups is 2. The molecule has 0 rings (SSSR count). The number of nitrogens with zero attached hydrogens (tertiary/aromatic N) is 2. The van der Waals surface area contributed by atoms with E-state index in [1.165, 1.54) is 6.23 Å². The first-order chi connectivity index (χ1) is 5.00. The molecule has 11 heavy (non-hydrogen) atoms. The van der Waals surface area contributed by atoms with Crippen LogP contribution >= 0.6 is 45.7 Å². The van der Waals surface area contributed by atoms with Crippen LogP contribution in [0.25, 0.3) is 0 Å². The second-order valence-corrected chi connectivity index (χ2v) is 4.38. The third-order valence-electron chi connectivity index (χ3n) is 0.961. The molecule has 0 heterocycles. The van der Waals surface area contributed by atoms with Crippen LogP contribution in [0.5, 0.6) is 0 Å². The minimum atomic E-state index is -0.498. The normalized spacial score (nSPS) is 9.09. The van der Waals surface area contributed by atoms with E-state index in [1.54, 1.807) is 29.9 Å². The van der Waals surface area contributed by atoms with Crippen LogP contribution in [0.1, 0.15) is 6.92 Å². The molecule has 0 unspecified atom stereocenters. The van der Waals surface area contributed by atoms with Gasteiger partial charge in [0, 0.05) is 13.6 Å². The molecule has 0 radical (unpaired) electrons. The maximum atomic E-state index is 11.0. The summed E-state index contributed by atoms with van der Waals surface area (Å²) in [5, 5.41) is 0. The zero-order valence-corrected chi connectivity index (χ0v) is 10.5. The topological polar surface area (TPSA) is 40.6 Å². The van der Waals surface area contributed by atoms with Gasteiger partial charge >= 0.3 is 11.8 Å². The van der Waals surface area contributed by atoms with Crippen LogP contribution in [-0.4, -0.2) is 31.6 Å². The Kier molecular flexibility index (Phi) is 5.30. The summed E-state index contributed by atoms with van der Waals surface area (Å²) >= 11 is 3.58. The van der Waals surface area contributed by atoms with Crippen molar-refractivity contribution >= 4 is 57.5 Å². The number of hydrogen-bond acceptors (Lipinski definition) is 2. The molecule has 0 N–H and O–H groups in total. The van der Waals surface area contributed by atoms with Gasteiger partial charge in [0.15, 0.2) is 0 Å². The first-order valence-electron chi connectivity index (χ1n) is 2.91. The molecular weight excluding hydrogens is 374 g/mol. The first-order valence-corrected chi connectivity index (χ1v) is 4.84. The molecule has 0 bridgehead atoms. The van der Waals surface area contributed by atoms with Crippen molar-refractivity contribution in [1.29, 1.82) is 0 Å². The first kappa shape index (κ1) is 11.4. The van der Waals surface area contributed by atoms with Crippen molar-refractivity contribution < 1.29 is 9.59 Å². The van der Waals surface area contributed by atoms with Crippen molar-refractivity contribution in [2.45, 2.75) is 6.92 Å². The molecule has 0 spiro atoms. The molecule has 0 atom stereocenters. The van der Waals surface area contributed by atoms with Crippen LogP contribution in [0, 0.1) is 0 Å². The average molecular weight is 382 g/mol. The van der Waals surface area contributed by atoms with Gasteiger partial charge in [0.2, 0.25) is 0 Å². The second-order valence-electron chi connectivity index (χ2n) is 1.77. The lowest BCUT2D eigenvalue weighted by Crippen LogP contribution is -2.34. The van der Waals surface area contributed by atoms with Gasteiger partial charge in [0.25, 0.3) is 0 Å². The summed E-state index contributed by atoms with van der Waals surface area (Å²) in [7, 11) is 1.54. The molecule has 64 valence electrons. The lowest BCUT2D eigenvalue weighted by Gasteiger charge is -2.12. The van der Waals surface area contributed by atoms with E-state index in [2.05, 4.69) is 0 Å². The number of rotatable bonds is 1. The highest BCUT2D eigenvalue weighted by atomic mass is 127. The van der Waals surface area contributed by atoms with Crippen molar-refractivity contribution in [2.24, 2.45) is 0 Å². The standard InChI is InChI=1S/C5H8I2N2O2/c1-3-9(7)5(11)4(10)8(2)6/h3H2,1-2H3. The van der Waals surface area contributed by atoms with E-state index in [4.69, 9.17) is 0 Å². The fourth-order valence-electron chi connectivity index (χ4n) is 0.379. The van der Waals surface area contributed by atoms with Crippen LogP contribution in [-0.2, 0) is 9.59 Å². The minimum absolute atomic E-state index is 0.481. The molecule has 0 aromatic rings. The fraction of sp³-hybridized carbons (Fsp3) is 0.600. The molecule has 6 heteroatoms. The average Bonchev–Trinajstić information content (AvgIpc) is 2.00. The summed E-state index contributed by atoms with van der Waals surface area (Å²) < 4.78 is 2.58. The van der Waals surface area contributed by atoms with Crippen molar-refractivity contribution in [3.05, 3.63) is 0 Å². The monoisotopic (exact) mass is 382 g/mol.